The van der Waals surface area contributed by atoms with Crippen molar-refractivity contribution in [2.24, 2.45) is 0 Å². The topological polar surface area (TPSA) is 59.8 Å². The molecule has 23 heavy (non-hydrogen) atoms. The third kappa shape index (κ3) is 3.19. The molecule has 0 spiro atoms. The highest BCUT2D eigenvalue weighted by atomic mass is 35.5. The van der Waals surface area contributed by atoms with E-state index in [1.165, 1.54) is 0 Å². The van der Waals surface area contributed by atoms with Gasteiger partial charge in [0.2, 0.25) is 0 Å². The maximum atomic E-state index is 12.4. The van der Waals surface area contributed by atoms with E-state index in [1.54, 1.807) is 24.3 Å². The van der Waals surface area contributed by atoms with Gasteiger partial charge < -0.3 is 5.32 Å². The molecule has 1 aromatic heterocycles. The van der Waals surface area contributed by atoms with Crippen LogP contribution in [0.2, 0.25) is 5.02 Å². The van der Waals surface area contributed by atoms with Crippen molar-refractivity contribution in [1.29, 1.82) is 0 Å². The predicted molar refractivity (Wildman–Crippen MR) is 92.0 cm³/mol. The highest BCUT2D eigenvalue weighted by Gasteiger charge is 2.11. The molecule has 118 valence electrons. The summed E-state index contributed by atoms with van der Waals surface area (Å²) < 4.78 is 1.85. The van der Waals surface area contributed by atoms with Gasteiger partial charge in [-0.15, -0.1) is 5.10 Å². The highest BCUT2D eigenvalue weighted by molar-refractivity contribution is 6.31. The summed E-state index contributed by atoms with van der Waals surface area (Å²) in [5, 5.41) is 11.7. The van der Waals surface area contributed by atoms with Crippen LogP contribution in [0.25, 0.3) is 11.0 Å². The molecule has 3 aromatic rings. The highest BCUT2D eigenvalue weighted by Crippen LogP contribution is 2.21. The van der Waals surface area contributed by atoms with Crippen molar-refractivity contribution in [1.82, 2.24) is 15.0 Å². The van der Waals surface area contributed by atoms with Crippen molar-refractivity contribution >= 4 is 34.2 Å². The van der Waals surface area contributed by atoms with Crippen LogP contribution in [-0.4, -0.2) is 20.9 Å². The number of anilines is 1. The first-order valence-electron chi connectivity index (χ1n) is 7.49. The van der Waals surface area contributed by atoms with E-state index >= 15 is 0 Å². The normalized spacial score (nSPS) is 10.9. The minimum atomic E-state index is -0.192. The zero-order chi connectivity index (χ0) is 16.4. The molecular formula is C17H17ClN4O. The summed E-state index contributed by atoms with van der Waals surface area (Å²) in [6.07, 6.45) is 0.981. The quantitative estimate of drug-likeness (QED) is 0.785. The average Bonchev–Trinajstić information content (AvgIpc) is 2.93. The standard InChI is InChI=1S/C17H17ClN4O/c1-3-8-22-16-7-5-12(9-15(16)20-21-22)17(23)19-14-10-13(18)6-4-11(14)2/h4-7,9-10H,3,8H2,1-2H3,(H,19,23). The number of aromatic nitrogens is 3. The molecule has 6 heteroatoms. The number of carbonyl (C=O) groups is 1. The molecule has 1 heterocycles. The first kappa shape index (κ1) is 15.5. The Morgan fingerprint density at radius 1 is 1.26 bits per heavy atom. The third-order valence-electron chi connectivity index (χ3n) is 3.66. The number of nitrogens with zero attached hydrogens (tertiary/aromatic N) is 3. The fraction of sp³-hybridized carbons (Fsp3) is 0.235. The number of hydrogen-bond donors (Lipinski definition) is 1. The van der Waals surface area contributed by atoms with E-state index in [2.05, 4.69) is 22.6 Å². The van der Waals surface area contributed by atoms with E-state index in [9.17, 15) is 4.79 Å². The second-order valence-corrected chi connectivity index (χ2v) is 5.87. The molecule has 2 aromatic carbocycles. The van der Waals surface area contributed by atoms with Crippen LogP contribution in [0.4, 0.5) is 5.69 Å². The van der Waals surface area contributed by atoms with Gasteiger partial charge in [0.1, 0.15) is 5.52 Å². The maximum absolute atomic E-state index is 12.4. The number of carbonyl (C=O) groups excluding carboxylic acids is 1. The Morgan fingerprint density at radius 3 is 2.87 bits per heavy atom. The van der Waals surface area contributed by atoms with Gasteiger partial charge in [-0.25, -0.2) is 4.68 Å². The van der Waals surface area contributed by atoms with E-state index in [0.29, 0.717) is 21.8 Å². The molecule has 1 amide bonds. The van der Waals surface area contributed by atoms with Crippen LogP contribution in [-0.2, 0) is 6.54 Å². The molecule has 0 unspecified atom stereocenters. The number of nitrogens with one attached hydrogen (secondary N) is 1. The van der Waals surface area contributed by atoms with E-state index in [1.807, 2.05) is 23.7 Å². The van der Waals surface area contributed by atoms with Crippen molar-refractivity contribution in [2.45, 2.75) is 26.8 Å². The molecule has 1 N–H and O–H groups in total. The Labute approximate surface area is 139 Å². The lowest BCUT2D eigenvalue weighted by Crippen LogP contribution is -2.12. The smallest absolute Gasteiger partial charge is 0.255 e. The van der Waals surface area contributed by atoms with Gasteiger partial charge in [-0.2, -0.15) is 0 Å². The zero-order valence-electron chi connectivity index (χ0n) is 13.0. The lowest BCUT2D eigenvalue weighted by molar-refractivity contribution is 0.102. The summed E-state index contributed by atoms with van der Waals surface area (Å²) in [4.78, 5) is 12.4. The Morgan fingerprint density at radius 2 is 2.09 bits per heavy atom. The van der Waals surface area contributed by atoms with Gasteiger partial charge in [-0.3, -0.25) is 4.79 Å². The molecule has 5 nitrogen and oxygen atoms in total. The number of halogens is 1. The summed E-state index contributed by atoms with van der Waals surface area (Å²) in [5.74, 6) is -0.192. The van der Waals surface area contributed by atoms with E-state index in [-0.39, 0.29) is 5.91 Å². The van der Waals surface area contributed by atoms with Gasteiger partial charge in [0, 0.05) is 22.8 Å². The third-order valence-corrected chi connectivity index (χ3v) is 3.89. The van der Waals surface area contributed by atoms with Gasteiger partial charge >= 0.3 is 0 Å². The molecule has 0 saturated carbocycles. The largest absolute Gasteiger partial charge is 0.322 e. The number of aryl methyl sites for hydroxylation is 2. The first-order chi connectivity index (χ1) is 11.1. The molecule has 0 aliphatic rings. The van der Waals surface area contributed by atoms with Crippen LogP contribution < -0.4 is 5.32 Å². The molecule has 0 saturated heterocycles. The average molecular weight is 329 g/mol. The molecule has 0 aliphatic heterocycles. The predicted octanol–water partition coefficient (Wildman–Crippen LogP) is 4.06. The Kier molecular flexibility index (Phi) is 4.30. The minimum absolute atomic E-state index is 0.192. The Hall–Kier alpha value is -2.40. The molecule has 0 aliphatic carbocycles. The van der Waals surface area contributed by atoms with Crippen LogP contribution in [0, 0.1) is 6.92 Å². The van der Waals surface area contributed by atoms with Crippen LogP contribution in [0.1, 0.15) is 29.3 Å². The van der Waals surface area contributed by atoms with Crippen molar-refractivity contribution in [3.63, 3.8) is 0 Å². The van der Waals surface area contributed by atoms with Crippen molar-refractivity contribution in [3.05, 3.63) is 52.5 Å². The Bertz CT molecular complexity index is 872. The maximum Gasteiger partial charge on any atom is 0.255 e. The molecule has 0 atom stereocenters. The van der Waals surface area contributed by atoms with Gasteiger partial charge in [0.05, 0.1) is 5.52 Å². The van der Waals surface area contributed by atoms with E-state index < -0.39 is 0 Å². The van der Waals surface area contributed by atoms with E-state index in [0.717, 1.165) is 24.0 Å². The number of amides is 1. The monoisotopic (exact) mass is 328 g/mol. The molecule has 3 rings (SSSR count). The summed E-state index contributed by atoms with van der Waals surface area (Å²) in [7, 11) is 0. The fourth-order valence-electron chi connectivity index (χ4n) is 2.41. The molecule has 0 radical (unpaired) electrons. The van der Waals surface area contributed by atoms with Crippen LogP contribution >= 0.6 is 11.6 Å². The summed E-state index contributed by atoms with van der Waals surface area (Å²) >= 11 is 5.98. The summed E-state index contributed by atoms with van der Waals surface area (Å²) in [6.45, 7) is 4.82. The Balaban J connectivity index is 1.87. The molecular weight excluding hydrogens is 312 g/mol. The number of fused-ring (bicyclic) bond motifs is 1. The lowest BCUT2D eigenvalue weighted by atomic mass is 10.1. The van der Waals surface area contributed by atoms with Gasteiger partial charge in [-0.1, -0.05) is 29.8 Å². The van der Waals surface area contributed by atoms with Crippen molar-refractivity contribution in [3.8, 4) is 0 Å². The fourth-order valence-corrected chi connectivity index (χ4v) is 2.59. The zero-order valence-corrected chi connectivity index (χ0v) is 13.8. The second-order valence-electron chi connectivity index (χ2n) is 5.43. The van der Waals surface area contributed by atoms with Crippen LogP contribution in [0.3, 0.4) is 0 Å². The van der Waals surface area contributed by atoms with Gasteiger partial charge in [-0.05, 0) is 49.2 Å². The van der Waals surface area contributed by atoms with Crippen molar-refractivity contribution in [2.75, 3.05) is 5.32 Å². The molecule has 0 fully saturated rings. The van der Waals surface area contributed by atoms with Crippen LogP contribution in [0.5, 0.6) is 0 Å². The number of rotatable bonds is 4. The second kappa shape index (κ2) is 6.38. The minimum Gasteiger partial charge on any atom is -0.322 e. The molecule has 0 bridgehead atoms. The van der Waals surface area contributed by atoms with E-state index in [4.69, 9.17) is 11.6 Å². The first-order valence-corrected chi connectivity index (χ1v) is 7.87. The SMILES string of the molecule is CCCn1nnc2cc(C(=O)Nc3cc(Cl)ccc3C)ccc21. The lowest BCUT2D eigenvalue weighted by Gasteiger charge is -2.09. The van der Waals surface area contributed by atoms with Crippen molar-refractivity contribution < 1.29 is 4.79 Å². The van der Waals surface area contributed by atoms with Gasteiger partial charge in [0.15, 0.2) is 0 Å². The van der Waals surface area contributed by atoms with Crippen LogP contribution in [0.15, 0.2) is 36.4 Å². The number of benzene rings is 2. The summed E-state index contributed by atoms with van der Waals surface area (Å²) in [5.41, 5.74) is 3.85. The number of hydrogen-bond acceptors (Lipinski definition) is 3. The van der Waals surface area contributed by atoms with Gasteiger partial charge in [0.25, 0.3) is 5.91 Å². The summed E-state index contributed by atoms with van der Waals surface area (Å²) in [6, 6.07) is 10.8.